The minimum atomic E-state index is -0.722. The maximum atomic E-state index is 13.7. The smallest absolute Gasteiger partial charge is 0.256 e. The Morgan fingerprint density at radius 2 is 1.61 bits per heavy atom. The van der Waals surface area contributed by atoms with Gasteiger partial charge < -0.3 is 19.9 Å². The van der Waals surface area contributed by atoms with Crippen LogP contribution in [0.15, 0.2) is 72.8 Å². The number of amides is 2. The summed E-state index contributed by atoms with van der Waals surface area (Å²) in [5, 5.41) is 3.86. The molecule has 3 aromatic rings. The molecular weight excluding hydrogens is 601 g/mol. The Hall–Kier alpha value is -3.73. The number of hydrogen-bond acceptors (Lipinski definition) is 6. The van der Waals surface area contributed by atoms with E-state index in [0.29, 0.717) is 34.7 Å². The predicted molar refractivity (Wildman–Crippen MR) is 177 cm³/mol. The van der Waals surface area contributed by atoms with Gasteiger partial charge in [0.05, 0.1) is 18.7 Å². The molecule has 1 atom stereocenters. The van der Waals surface area contributed by atoms with Crippen LogP contribution in [0, 0.1) is 5.82 Å². The minimum Gasteiger partial charge on any atom is -0.494 e. The number of benzene rings is 3. The van der Waals surface area contributed by atoms with Crippen LogP contribution in [-0.4, -0.2) is 78.6 Å². The van der Waals surface area contributed by atoms with Crippen LogP contribution in [0.3, 0.4) is 0 Å². The molecule has 2 fully saturated rings. The highest BCUT2D eigenvalue weighted by molar-refractivity contribution is 7.80. The van der Waals surface area contributed by atoms with Gasteiger partial charge in [-0.1, -0.05) is 18.5 Å². The fourth-order valence-electron chi connectivity index (χ4n) is 5.50. The molecule has 11 heteroatoms. The molecule has 3 aromatic carbocycles. The topological polar surface area (TPSA) is 68.4 Å². The summed E-state index contributed by atoms with van der Waals surface area (Å²) < 4.78 is 18.9. The first-order valence-corrected chi connectivity index (χ1v) is 15.8. The van der Waals surface area contributed by atoms with Gasteiger partial charge in [-0.15, -0.1) is 0 Å². The van der Waals surface area contributed by atoms with E-state index in [1.807, 2.05) is 36.1 Å². The quantitative estimate of drug-likeness (QED) is 0.251. The molecule has 0 unspecified atom stereocenters. The van der Waals surface area contributed by atoms with E-state index in [0.717, 1.165) is 57.0 Å². The molecule has 2 amide bonds. The first-order valence-electron chi connectivity index (χ1n) is 15.0. The lowest BCUT2D eigenvalue weighted by Gasteiger charge is -2.36. The van der Waals surface area contributed by atoms with Gasteiger partial charge in [-0.05, 0) is 104 Å². The van der Waals surface area contributed by atoms with Crippen molar-refractivity contribution in [3.63, 3.8) is 0 Å². The average molecular weight is 638 g/mol. The van der Waals surface area contributed by atoms with Crippen molar-refractivity contribution in [2.75, 3.05) is 61.0 Å². The summed E-state index contributed by atoms with van der Waals surface area (Å²) in [7, 11) is 0. The molecule has 0 aromatic heterocycles. The number of halogens is 2. The molecule has 1 N–H and O–H groups in total. The van der Waals surface area contributed by atoms with Crippen LogP contribution in [0.5, 0.6) is 5.75 Å². The third kappa shape index (κ3) is 7.85. The lowest BCUT2D eigenvalue weighted by molar-refractivity contribution is -0.124. The number of nitrogens with zero attached hydrogens (tertiary/aromatic N) is 4. The van der Waals surface area contributed by atoms with Crippen molar-refractivity contribution in [3.05, 3.63) is 83.6 Å². The zero-order valence-corrected chi connectivity index (χ0v) is 26.3. The molecular formula is C33H37ClFN5O3S. The van der Waals surface area contributed by atoms with E-state index in [9.17, 15) is 14.0 Å². The zero-order valence-electron chi connectivity index (χ0n) is 24.8. The summed E-state index contributed by atoms with van der Waals surface area (Å²) in [6, 6.07) is 20.1. The van der Waals surface area contributed by atoms with Crippen molar-refractivity contribution in [2.24, 2.45) is 0 Å². The normalized spacial score (nSPS) is 17.3. The summed E-state index contributed by atoms with van der Waals surface area (Å²) in [5.74, 6) is 0.00226. The van der Waals surface area contributed by atoms with Gasteiger partial charge in [0.25, 0.3) is 5.91 Å². The number of hydrogen-bond donors (Lipinski definition) is 1. The molecule has 2 saturated heterocycles. The molecule has 0 aliphatic carbocycles. The van der Waals surface area contributed by atoms with Crippen molar-refractivity contribution in [3.8, 4) is 5.75 Å². The number of carbonyl (C=O) groups is 2. The summed E-state index contributed by atoms with van der Waals surface area (Å²) in [6.45, 7) is 7.50. The Balaban J connectivity index is 1.20. The number of piperazine rings is 1. The lowest BCUT2D eigenvalue weighted by atomic mass is 10.1. The fraction of sp³-hybridized carbons (Fsp3) is 0.364. The molecule has 8 nitrogen and oxygen atoms in total. The van der Waals surface area contributed by atoms with Crippen molar-refractivity contribution < 1.29 is 18.7 Å². The molecule has 0 bridgehead atoms. The molecule has 0 saturated carbocycles. The highest BCUT2D eigenvalue weighted by Gasteiger charge is 2.44. The van der Waals surface area contributed by atoms with Crippen LogP contribution >= 0.6 is 23.8 Å². The Bertz CT molecular complexity index is 1430. The maximum Gasteiger partial charge on any atom is 0.256 e. The van der Waals surface area contributed by atoms with E-state index in [1.54, 1.807) is 36.4 Å². The van der Waals surface area contributed by atoms with E-state index in [1.165, 1.54) is 17.0 Å². The van der Waals surface area contributed by atoms with E-state index in [4.69, 9.17) is 28.6 Å². The van der Waals surface area contributed by atoms with Crippen molar-refractivity contribution in [1.82, 2.24) is 9.80 Å². The standard InChI is InChI=1S/C33H37ClFN5O3S/c1-2-22-43-29-14-8-26(9-15-29)36-31(41)23-30-32(42)40(28-10-4-24(34)5-11-28)33(44)39(30)17-3-16-37-18-20-38(21-19-37)27-12-6-25(35)7-13-27/h4-15,30H,2-3,16-23H2,1H3,(H,36,41)/t30-/m0/s1. The molecule has 5 rings (SSSR count). The van der Waals surface area contributed by atoms with Gasteiger partial charge in [0.1, 0.15) is 17.6 Å². The van der Waals surface area contributed by atoms with Gasteiger partial charge in [0, 0.05) is 49.1 Å². The molecule has 0 radical (unpaired) electrons. The Kier molecular flexibility index (Phi) is 10.7. The van der Waals surface area contributed by atoms with Crippen LogP contribution in [0.2, 0.25) is 5.02 Å². The Morgan fingerprint density at radius 3 is 2.27 bits per heavy atom. The Morgan fingerprint density at radius 1 is 0.955 bits per heavy atom. The second kappa shape index (κ2) is 14.8. The molecule has 0 spiro atoms. The molecule has 2 aliphatic rings. The number of rotatable bonds is 12. The maximum absolute atomic E-state index is 13.7. The van der Waals surface area contributed by atoms with Crippen LogP contribution in [-0.2, 0) is 9.59 Å². The van der Waals surface area contributed by atoms with Crippen molar-refractivity contribution in [1.29, 1.82) is 0 Å². The summed E-state index contributed by atoms with van der Waals surface area (Å²) >= 11 is 11.9. The molecule has 44 heavy (non-hydrogen) atoms. The van der Waals surface area contributed by atoms with E-state index >= 15 is 0 Å². The largest absolute Gasteiger partial charge is 0.494 e. The van der Waals surface area contributed by atoms with E-state index in [-0.39, 0.29) is 24.1 Å². The van der Waals surface area contributed by atoms with Gasteiger partial charge >= 0.3 is 0 Å². The number of nitrogens with one attached hydrogen (secondary N) is 1. The Labute approximate surface area is 268 Å². The van der Waals surface area contributed by atoms with Crippen LogP contribution in [0.1, 0.15) is 26.2 Å². The highest BCUT2D eigenvalue weighted by atomic mass is 35.5. The third-order valence-corrected chi connectivity index (χ3v) is 8.50. The van der Waals surface area contributed by atoms with Gasteiger partial charge in [-0.2, -0.15) is 0 Å². The van der Waals surface area contributed by atoms with E-state index < -0.39 is 6.04 Å². The van der Waals surface area contributed by atoms with Crippen LogP contribution in [0.25, 0.3) is 0 Å². The third-order valence-electron chi connectivity index (χ3n) is 7.83. The number of anilines is 3. The monoisotopic (exact) mass is 637 g/mol. The second-order valence-electron chi connectivity index (χ2n) is 10.9. The highest BCUT2D eigenvalue weighted by Crippen LogP contribution is 2.29. The molecule has 2 aliphatic heterocycles. The van der Waals surface area contributed by atoms with E-state index in [2.05, 4.69) is 15.1 Å². The van der Waals surface area contributed by atoms with Crippen molar-refractivity contribution in [2.45, 2.75) is 32.2 Å². The summed E-state index contributed by atoms with van der Waals surface area (Å²) in [6.07, 6.45) is 1.65. The SMILES string of the molecule is CCCOc1ccc(NC(=O)C[C@H]2C(=O)N(c3ccc(Cl)cc3)C(=S)N2CCCN2CCN(c3ccc(F)cc3)CC2)cc1. The van der Waals surface area contributed by atoms with Gasteiger partial charge in [0.15, 0.2) is 5.11 Å². The van der Waals surface area contributed by atoms with Gasteiger partial charge in [0.2, 0.25) is 5.91 Å². The first kappa shape index (κ1) is 31.7. The summed E-state index contributed by atoms with van der Waals surface area (Å²) in [4.78, 5) is 34.9. The minimum absolute atomic E-state index is 0.0342. The predicted octanol–water partition coefficient (Wildman–Crippen LogP) is 5.81. The number of ether oxygens (including phenoxy) is 1. The molecule has 2 heterocycles. The van der Waals surface area contributed by atoms with Gasteiger partial charge in [-0.25, -0.2) is 4.39 Å². The van der Waals surface area contributed by atoms with Crippen LogP contribution < -0.4 is 19.9 Å². The summed E-state index contributed by atoms with van der Waals surface area (Å²) in [5.41, 5.74) is 2.28. The van der Waals surface area contributed by atoms with Crippen molar-refractivity contribution >= 4 is 57.8 Å². The second-order valence-corrected chi connectivity index (χ2v) is 11.7. The molecule has 232 valence electrons. The fourth-order valence-corrected chi connectivity index (χ4v) is 6.04. The lowest BCUT2D eigenvalue weighted by Crippen LogP contribution is -2.47. The van der Waals surface area contributed by atoms with Gasteiger partial charge in [-0.3, -0.25) is 19.4 Å². The number of carbonyl (C=O) groups excluding carboxylic acids is 2. The zero-order chi connectivity index (χ0) is 31.1. The first-order chi connectivity index (χ1) is 21.3. The van der Waals surface area contributed by atoms with Crippen LogP contribution in [0.4, 0.5) is 21.5 Å². The number of thiocarbonyl (C=S) groups is 1. The average Bonchev–Trinajstić information content (AvgIpc) is 3.25.